The van der Waals surface area contributed by atoms with E-state index in [9.17, 15) is 28.2 Å². The van der Waals surface area contributed by atoms with Crippen LogP contribution in [-0.2, 0) is 27.8 Å². The zero-order valence-corrected chi connectivity index (χ0v) is 27.5. The molecule has 12 nitrogen and oxygen atoms in total. The monoisotopic (exact) mass is 667 g/mol. The van der Waals surface area contributed by atoms with Crippen molar-refractivity contribution in [3.8, 4) is 0 Å². The smallest absolute Gasteiger partial charge is 0.405 e. The van der Waals surface area contributed by atoms with Gasteiger partial charge in [-0.2, -0.15) is 4.31 Å². The van der Waals surface area contributed by atoms with E-state index in [1.165, 1.54) is 34.8 Å². The largest absolute Gasteiger partial charge is 0.465 e. The lowest BCUT2D eigenvalue weighted by atomic mass is 10.00. The highest BCUT2D eigenvalue weighted by molar-refractivity contribution is 7.89. The van der Waals surface area contributed by atoms with Crippen LogP contribution < -0.4 is 16.0 Å². The Kier molecular flexibility index (Phi) is 14.8. The summed E-state index contributed by atoms with van der Waals surface area (Å²) in [4.78, 5) is 25.1. The highest BCUT2D eigenvalue weighted by Gasteiger charge is 2.32. The fourth-order valence-corrected chi connectivity index (χ4v) is 6.69. The fourth-order valence-electron chi connectivity index (χ4n) is 5.07. The molecule has 0 heterocycles. The standard InChI is InChI=1S/C34H45N5O7S/c1-25(2)23-39(47(45,46)29-17-15-28(16-18-29)22-36-44)24-32(40)31(20-26-10-5-3-6-11-26)37-33(41)30(38-34(42)43)14-9-19-35-21-27-12-7-4-8-13-27/h3-8,10-13,15-18,22,25,30-32,35,38,40,44H,9,14,19-21,23-24H2,1-2H3,(H,37,41)(H,42,43)/t30?,31-,32+/m0/s1. The molecule has 0 aliphatic heterocycles. The van der Waals surface area contributed by atoms with Gasteiger partial charge in [0.05, 0.1) is 23.3 Å². The van der Waals surface area contributed by atoms with Crippen LogP contribution in [0.3, 0.4) is 0 Å². The van der Waals surface area contributed by atoms with Crippen molar-refractivity contribution >= 4 is 28.2 Å². The molecule has 13 heteroatoms. The summed E-state index contributed by atoms with van der Waals surface area (Å²) in [6, 6.07) is 22.7. The number of benzene rings is 3. The third-order valence-electron chi connectivity index (χ3n) is 7.41. The molecule has 1 unspecified atom stereocenters. The van der Waals surface area contributed by atoms with Gasteiger partial charge in [-0.15, -0.1) is 0 Å². The first-order chi connectivity index (χ1) is 22.5. The van der Waals surface area contributed by atoms with Crippen LogP contribution in [0.2, 0.25) is 0 Å². The van der Waals surface area contributed by atoms with E-state index in [-0.39, 0.29) is 36.7 Å². The second kappa shape index (κ2) is 18.7. The number of amides is 2. The lowest BCUT2D eigenvalue weighted by Crippen LogP contribution is -2.55. The topological polar surface area (TPSA) is 181 Å². The van der Waals surface area contributed by atoms with Gasteiger partial charge in [0.15, 0.2) is 0 Å². The van der Waals surface area contributed by atoms with Crippen molar-refractivity contribution in [2.75, 3.05) is 19.6 Å². The molecule has 2 amide bonds. The van der Waals surface area contributed by atoms with Crippen molar-refractivity contribution in [2.45, 2.75) is 62.7 Å². The van der Waals surface area contributed by atoms with E-state index in [0.29, 0.717) is 25.1 Å². The summed E-state index contributed by atoms with van der Waals surface area (Å²) in [5.74, 6) is -0.700. The van der Waals surface area contributed by atoms with Gasteiger partial charge in [-0.05, 0) is 60.5 Å². The number of aliphatic hydroxyl groups is 1. The summed E-state index contributed by atoms with van der Waals surface area (Å²) in [6.07, 6.45) is -0.632. The molecule has 0 saturated heterocycles. The predicted octanol–water partition coefficient (Wildman–Crippen LogP) is 3.44. The van der Waals surface area contributed by atoms with E-state index in [1.54, 1.807) is 0 Å². The number of carbonyl (C=O) groups is 2. The number of aliphatic hydroxyl groups excluding tert-OH is 1. The van der Waals surface area contributed by atoms with Crippen molar-refractivity contribution in [1.29, 1.82) is 0 Å². The minimum Gasteiger partial charge on any atom is -0.465 e. The first-order valence-electron chi connectivity index (χ1n) is 15.5. The van der Waals surface area contributed by atoms with Gasteiger partial charge in [0.25, 0.3) is 0 Å². The molecular weight excluding hydrogens is 622 g/mol. The maximum atomic E-state index is 13.7. The van der Waals surface area contributed by atoms with E-state index in [4.69, 9.17) is 5.21 Å². The molecule has 3 aromatic rings. The van der Waals surface area contributed by atoms with E-state index in [1.807, 2.05) is 74.5 Å². The Morgan fingerprint density at radius 2 is 1.51 bits per heavy atom. The molecule has 6 N–H and O–H groups in total. The van der Waals surface area contributed by atoms with E-state index < -0.39 is 40.2 Å². The Bertz CT molecular complexity index is 1520. The minimum atomic E-state index is -4.07. The number of rotatable bonds is 19. The van der Waals surface area contributed by atoms with Gasteiger partial charge in [-0.3, -0.25) is 4.79 Å². The third-order valence-corrected chi connectivity index (χ3v) is 9.25. The molecule has 0 aliphatic rings. The average molecular weight is 668 g/mol. The van der Waals surface area contributed by atoms with Crippen molar-refractivity contribution in [1.82, 2.24) is 20.3 Å². The van der Waals surface area contributed by atoms with Crippen LogP contribution in [0.5, 0.6) is 0 Å². The first kappa shape index (κ1) is 37.2. The Labute approximate surface area is 276 Å². The lowest BCUT2D eigenvalue weighted by molar-refractivity contribution is -0.124. The van der Waals surface area contributed by atoms with Crippen molar-refractivity contribution in [3.05, 3.63) is 102 Å². The van der Waals surface area contributed by atoms with Crippen LogP contribution in [-0.4, -0.2) is 84.2 Å². The van der Waals surface area contributed by atoms with Gasteiger partial charge in [0.1, 0.15) is 6.04 Å². The summed E-state index contributed by atoms with van der Waals surface area (Å²) in [5.41, 5.74) is 2.40. The number of carboxylic acid groups (broad SMARTS) is 1. The van der Waals surface area contributed by atoms with Crippen LogP contribution in [0.1, 0.15) is 43.4 Å². The van der Waals surface area contributed by atoms with E-state index in [2.05, 4.69) is 21.1 Å². The van der Waals surface area contributed by atoms with Gasteiger partial charge in [0, 0.05) is 19.6 Å². The Morgan fingerprint density at radius 1 is 0.894 bits per heavy atom. The van der Waals surface area contributed by atoms with Crippen molar-refractivity contribution < 1.29 is 33.4 Å². The van der Waals surface area contributed by atoms with Gasteiger partial charge >= 0.3 is 6.09 Å². The molecule has 0 aliphatic carbocycles. The van der Waals surface area contributed by atoms with Crippen LogP contribution >= 0.6 is 0 Å². The minimum absolute atomic E-state index is 0.00400. The number of hydrogen-bond acceptors (Lipinski definition) is 8. The summed E-state index contributed by atoms with van der Waals surface area (Å²) in [6.45, 7) is 4.67. The predicted molar refractivity (Wildman–Crippen MR) is 180 cm³/mol. The number of hydrogen-bond donors (Lipinski definition) is 6. The summed E-state index contributed by atoms with van der Waals surface area (Å²) < 4.78 is 28.6. The zero-order chi connectivity index (χ0) is 34.2. The summed E-state index contributed by atoms with van der Waals surface area (Å²) in [7, 11) is -4.07. The van der Waals surface area contributed by atoms with Gasteiger partial charge < -0.3 is 31.4 Å². The van der Waals surface area contributed by atoms with Crippen LogP contribution in [0.15, 0.2) is 95.0 Å². The second-order valence-corrected chi connectivity index (χ2v) is 13.6. The Balaban J connectivity index is 1.77. The van der Waals surface area contributed by atoms with Gasteiger partial charge in [0.2, 0.25) is 15.9 Å². The van der Waals surface area contributed by atoms with E-state index >= 15 is 0 Å². The highest BCUT2D eigenvalue weighted by atomic mass is 32.2. The molecule has 254 valence electrons. The fraction of sp³-hybridized carbons (Fsp3) is 0.382. The van der Waals surface area contributed by atoms with Crippen LogP contribution in [0.4, 0.5) is 4.79 Å². The van der Waals surface area contributed by atoms with Gasteiger partial charge in [-0.25, -0.2) is 13.2 Å². The Hall–Kier alpha value is -4.30. The molecular formula is C34H45N5O7S. The number of nitrogens with zero attached hydrogens (tertiary/aromatic N) is 2. The molecule has 0 spiro atoms. The second-order valence-electron chi connectivity index (χ2n) is 11.7. The lowest BCUT2D eigenvalue weighted by Gasteiger charge is -2.31. The summed E-state index contributed by atoms with van der Waals surface area (Å²) >= 11 is 0. The maximum Gasteiger partial charge on any atom is 0.405 e. The number of nitrogens with one attached hydrogen (secondary N) is 3. The SMILES string of the molecule is CC(C)CN(C[C@@H](O)[C@H](Cc1ccccc1)NC(=O)C(CCCNCc1ccccc1)NC(=O)O)S(=O)(=O)c1ccc(C=NO)cc1. The molecule has 0 saturated carbocycles. The van der Waals surface area contributed by atoms with E-state index in [0.717, 1.165) is 11.1 Å². The average Bonchev–Trinajstić information content (AvgIpc) is 3.04. The van der Waals surface area contributed by atoms with Crippen LogP contribution in [0, 0.1) is 5.92 Å². The number of carbonyl (C=O) groups excluding carboxylic acids is 1. The van der Waals surface area contributed by atoms with Gasteiger partial charge in [-0.1, -0.05) is 91.8 Å². The number of oxime groups is 1. The van der Waals surface area contributed by atoms with Crippen molar-refractivity contribution in [3.63, 3.8) is 0 Å². The first-order valence-corrected chi connectivity index (χ1v) is 17.0. The van der Waals surface area contributed by atoms with Crippen LogP contribution in [0.25, 0.3) is 0 Å². The molecule has 47 heavy (non-hydrogen) atoms. The highest BCUT2D eigenvalue weighted by Crippen LogP contribution is 2.20. The molecule has 3 rings (SSSR count). The molecule has 3 atom stereocenters. The zero-order valence-electron chi connectivity index (χ0n) is 26.7. The Morgan fingerprint density at radius 3 is 2.09 bits per heavy atom. The third kappa shape index (κ3) is 12.4. The van der Waals surface area contributed by atoms with Crippen molar-refractivity contribution in [2.24, 2.45) is 11.1 Å². The summed E-state index contributed by atoms with van der Waals surface area (Å²) in [5, 5.41) is 41.1. The molecule has 0 fully saturated rings. The molecule has 0 radical (unpaired) electrons. The number of sulfonamides is 1. The quantitative estimate of drug-likeness (QED) is 0.0487. The molecule has 0 aromatic heterocycles. The molecule has 0 bridgehead atoms. The molecule has 3 aromatic carbocycles. The maximum absolute atomic E-state index is 13.7. The normalized spacial score (nSPS) is 13.8.